The quantitative estimate of drug-likeness (QED) is 0.544. The first-order valence-corrected chi connectivity index (χ1v) is 7.98. The van der Waals surface area contributed by atoms with E-state index in [1.165, 1.54) is 0 Å². The van der Waals surface area contributed by atoms with Gasteiger partial charge >= 0.3 is 0 Å². The van der Waals surface area contributed by atoms with Gasteiger partial charge in [0.05, 0.1) is 18.5 Å². The highest BCUT2D eigenvalue weighted by molar-refractivity contribution is 6.30. The van der Waals surface area contributed by atoms with E-state index in [2.05, 4.69) is 10.8 Å². The maximum absolute atomic E-state index is 5.95. The lowest BCUT2D eigenvalue weighted by Crippen LogP contribution is -1.93. The fraction of sp³-hybridized carbons (Fsp3) is 0.105. The molecule has 0 fully saturated rings. The molecule has 0 saturated heterocycles. The van der Waals surface area contributed by atoms with Crippen molar-refractivity contribution in [3.63, 3.8) is 0 Å². The molecule has 5 heteroatoms. The number of benzene rings is 2. The van der Waals surface area contributed by atoms with Crippen LogP contribution in [0.5, 0.6) is 5.75 Å². The second-order valence-electron chi connectivity index (χ2n) is 5.64. The van der Waals surface area contributed by atoms with Crippen LogP contribution in [0.25, 0.3) is 28.3 Å². The number of imidazole rings is 2. The topological polar surface area (TPSA) is 31.5 Å². The minimum Gasteiger partial charge on any atom is -0.497 e. The van der Waals surface area contributed by atoms with Crippen molar-refractivity contribution in [3.05, 3.63) is 65.9 Å². The summed E-state index contributed by atoms with van der Waals surface area (Å²) in [6.07, 6.45) is 4.12. The molecule has 0 aliphatic heterocycles. The zero-order chi connectivity index (χ0) is 16.7. The average Bonchev–Trinajstić information content (AvgIpc) is 3.15. The van der Waals surface area contributed by atoms with Crippen LogP contribution in [-0.4, -0.2) is 21.1 Å². The molecule has 0 spiro atoms. The monoisotopic (exact) mass is 337 g/mol. The number of hydrogen-bond acceptors (Lipinski definition) is 2. The van der Waals surface area contributed by atoms with Crippen LogP contribution in [0.2, 0.25) is 5.02 Å². The molecule has 0 radical (unpaired) electrons. The summed E-state index contributed by atoms with van der Waals surface area (Å²) in [4.78, 5) is 4.75. The molecular formula is C19H16ClN3O. The largest absolute Gasteiger partial charge is 0.497 e. The number of aromatic nitrogens is 3. The van der Waals surface area contributed by atoms with Gasteiger partial charge in [0.15, 0.2) is 0 Å². The van der Waals surface area contributed by atoms with Gasteiger partial charge in [-0.25, -0.2) is 4.98 Å². The van der Waals surface area contributed by atoms with Gasteiger partial charge in [-0.15, -0.1) is 0 Å². The lowest BCUT2D eigenvalue weighted by molar-refractivity contribution is 0.415. The molecule has 0 N–H and O–H groups in total. The molecule has 0 aliphatic carbocycles. The fourth-order valence-corrected chi connectivity index (χ4v) is 2.97. The Morgan fingerprint density at radius 2 is 1.58 bits per heavy atom. The number of hydrogen-bond donors (Lipinski definition) is 0. The second-order valence-corrected chi connectivity index (χ2v) is 6.08. The third kappa shape index (κ3) is 2.45. The molecule has 24 heavy (non-hydrogen) atoms. The molecule has 2 aromatic heterocycles. The maximum atomic E-state index is 5.95. The van der Waals surface area contributed by atoms with E-state index in [9.17, 15) is 0 Å². The predicted molar refractivity (Wildman–Crippen MR) is 96.6 cm³/mol. The van der Waals surface area contributed by atoms with Crippen molar-refractivity contribution in [3.8, 4) is 28.3 Å². The molecule has 0 unspecified atom stereocenters. The van der Waals surface area contributed by atoms with Gasteiger partial charge in [-0.1, -0.05) is 23.7 Å². The Hall–Kier alpha value is -2.72. The van der Waals surface area contributed by atoms with Gasteiger partial charge < -0.3 is 9.30 Å². The van der Waals surface area contributed by atoms with E-state index < -0.39 is 0 Å². The van der Waals surface area contributed by atoms with Crippen LogP contribution >= 0.6 is 11.6 Å². The Kier molecular flexibility index (Phi) is 3.54. The van der Waals surface area contributed by atoms with E-state index in [0.29, 0.717) is 0 Å². The van der Waals surface area contributed by atoms with Crippen LogP contribution in [-0.2, 0) is 7.05 Å². The lowest BCUT2D eigenvalue weighted by Gasteiger charge is -2.04. The van der Waals surface area contributed by atoms with Crippen molar-refractivity contribution in [1.29, 1.82) is 0 Å². The van der Waals surface area contributed by atoms with Gasteiger partial charge in [-0.2, -0.15) is 0 Å². The number of fused-ring (bicyclic) bond motifs is 1. The van der Waals surface area contributed by atoms with Gasteiger partial charge in [0.2, 0.25) is 5.78 Å². The minimum atomic E-state index is 0.726. The molecule has 120 valence electrons. The summed E-state index contributed by atoms with van der Waals surface area (Å²) in [5, 5.41) is 0.726. The molecule has 2 heterocycles. The van der Waals surface area contributed by atoms with Gasteiger partial charge in [-0.05, 0) is 42.0 Å². The number of ether oxygens (including phenoxy) is 1. The van der Waals surface area contributed by atoms with E-state index in [4.69, 9.17) is 21.3 Å². The molecule has 2 aromatic carbocycles. The summed E-state index contributed by atoms with van der Waals surface area (Å²) in [6, 6.07) is 15.7. The number of halogens is 1. The Labute approximate surface area is 144 Å². The number of aryl methyl sites for hydroxylation is 1. The van der Waals surface area contributed by atoms with Crippen LogP contribution < -0.4 is 4.74 Å². The molecule has 0 saturated carbocycles. The van der Waals surface area contributed by atoms with E-state index in [1.807, 2.05) is 66.2 Å². The van der Waals surface area contributed by atoms with Crippen molar-refractivity contribution in [2.75, 3.05) is 7.11 Å². The van der Waals surface area contributed by atoms with E-state index in [1.54, 1.807) is 7.11 Å². The Balaban J connectivity index is 1.76. The van der Waals surface area contributed by atoms with E-state index >= 15 is 0 Å². The zero-order valence-corrected chi connectivity index (χ0v) is 14.2. The normalized spacial score (nSPS) is 11.1. The summed E-state index contributed by atoms with van der Waals surface area (Å²) < 4.78 is 9.35. The smallest absolute Gasteiger partial charge is 0.214 e. The molecule has 4 aromatic rings. The Morgan fingerprint density at radius 3 is 2.21 bits per heavy atom. The molecule has 0 bridgehead atoms. The second kappa shape index (κ2) is 5.73. The average molecular weight is 338 g/mol. The third-order valence-electron chi connectivity index (χ3n) is 4.16. The van der Waals surface area contributed by atoms with Gasteiger partial charge in [0.25, 0.3) is 0 Å². The van der Waals surface area contributed by atoms with E-state index in [-0.39, 0.29) is 0 Å². The highest BCUT2D eigenvalue weighted by Crippen LogP contribution is 2.27. The van der Waals surface area contributed by atoms with Crippen molar-refractivity contribution in [1.82, 2.24) is 14.0 Å². The summed E-state index contributed by atoms with van der Waals surface area (Å²) >= 11 is 5.95. The molecule has 4 nitrogen and oxygen atoms in total. The first kappa shape index (κ1) is 14.8. The minimum absolute atomic E-state index is 0.726. The van der Waals surface area contributed by atoms with E-state index in [0.717, 1.165) is 39.1 Å². The number of rotatable bonds is 3. The third-order valence-corrected chi connectivity index (χ3v) is 4.41. The summed E-state index contributed by atoms with van der Waals surface area (Å²) in [7, 11) is 3.69. The van der Waals surface area contributed by atoms with Crippen LogP contribution in [0.4, 0.5) is 0 Å². The van der Waals surface area contributed by atoms with Crippen LogP contribution in [0.15, 0.2) is 60.9 Å². The zero-order valence-electron chi connectivity index (χ0n) is 13.4. The highest BCUT2D eigenvalue weighted by atomic mass is 35.5. The first-order chi connectivity index (χ1) is 11.7. The predicted octanol–water partition coefficient (Wildman–Crippen LogP) is 4.67. The summed E-state index contributed by atoms with van der Waals surface area (Å²) in [6.45, 7) is 0. The maximum Gasteiger partial charge on any atom is 0.214 e. The van der Waals surface area contributed by atoms with Crippen LogP contribution in [0, 0.1) is 0 Å². The molecule has 0 atom stereocenters. The summed E-state index contributed by atoms with van der Waals surface area (Å²) in [5.74, 6) is 1.74. The molecule has 4 rings (SSSR count). The van der Waals surface area contributed by atoms with Gasteiger partial charge in [0, 0.05) is 30.0 Å². The Bertz CT molecular complexity index is 998. The highest BCUT2D eigenvalue weighted by Gasteiger charge is 2.12. The number of nitrogens with zero attached hydrogens (tertiary/aromatic N) is 3. The molecule has 0 amide bonds. The lowest BCUT2D eigenvalue weighted by atomic mass is 10.1. The Morgan fingerprint density at radius 1 is 0.917 bits per heavy atom. The molecular weight excluding hydrogens is 322 g/mol. The van der Waals surface area contributed by atoms with Gasteiger partial charge in [0.1, 0.15) is 5.75 Å². The van der Waals surface area contributed by atoms with Crippen molar-refractivity contribution >= 4 is 17.4 Å². The van der Waals surface area contributed by atoms with Crippen molar-refractivity contribution < 1.29 is 4.74 Å². The SMILES string of the molecule is COc1ccc(-c2cn3cc(-c4ccc(Cl)cc4)nc3n2C)cc1. The first-order valence-electron chi connectivity index (χ1n) is 7.60. The van der Waals surface area contributed by atoms with Crippen LogP contribution in [0.1, 0.15) is 0 Å². The van der Waals surface area contributed by atoms with Crippen molar-refractivity contribution in [2.24, 2.45) is 7.05 Å². The number of methoxy groups -OCH3 is 1. The summed E-state index contributed by atoms with van der Waals surface area (Å²) in [5.41, 5.74) is 4.20. The molecule has 0 aliphatic rings. The van der Waals surface area contributed by atoms with Gasteiger partial charge in [-0.3, -0.25) is 4.40 Å². The fourth-order valence-electron chi connectivity index (χ4n) is 2.84. The van der Waals surface area contributed by atoms with Crippen LogP contribution in [0.3, 0.4) is 0 Å². The standard InChI is InChI=1S/C19H16ClN3O/c1-22-18(14-5-9-16(24-2)10-6-14)12-23-11-17(21-19(22)23)13-3-7-15(20)8-4-13/h3-12H,1-2H3. The van der Waals surface area contributed by atoms with Crippen molar-refractivity contribution in [2.45, 2.75) is 0 Å².